The summed E-state index contributed by atoms with van der Waals surface area (Å²) in [6.45, 7) is 2.31. The van der Waals surface area contributed by atoms with Crippen LogP contribution in [-0.4, -0.2) is 40.8 Å². The molecular weight excluding hydrogens is 328 g/mol. The fourth-order valence-corrected chi connectivity index (χ4v) is 2.75. The average Bonchev–Trinajstić information content (AvgIpc) is 2.88. The lowest BCUT2D eigenvalue weighted by atomic mass is 10.2. The first kappa shape index (κ1) is 17.6. The lowest BCUT2D eigenvalue weighted by Gasteiger charge is -2.12. The molecule has 0 atom stereocenters. The van der Waals surface area contributed by atoms with Gasteiger partial charge in [0.1, 0.15) is 11.6 Å². The molecule has 0 radical (unpaired) electrons. The van der Waals surface area contributed by atoms with Crippen LogP contribution in [0.15, 0.2) is 36.0 Å². The average molecular weight is 344 g/mol. The first-order valence-electron chi connectivity index (χ1n) is 7.20. The molecule has 1 aromatic carbocycles. The molecule has 1 aromatic rings. The minimum atomic E-state index is -0.525. The van der Waals surface area contributed by atoms with E-state index < -0.39 is 5.91 Å². The maximum atomic E-state index is 12.1. The number of hydrogen-bond donors (Lipinski definition) is 2. The van der Waals surface area contributed by atoms with Crippen LogP contribution in [0, 0.1) is 18.3 Å². The van der Waals surface area contributed by atoms with Crippen molar-refractivity contribution in [1.29, 1.82) is 5.26 Å². The predicted octanol–water partition coefficient (Wildman–Crippen LogP) is 1.63. The number of carbonyl (C=O) groups excluding carboxylic acids is 3. The monoisotopic (exact) mass is 344 g/mol. The molecule has 2 N–H and O–H groups in total. The summed E-state index contributed by atoms with van der Waals surface area (Å²) in [7, 11) is 0. The van der Waals surface area contributed by atoms with Crippen molar-refractivity contribution in [3.63, 3.8) is 0 Å². The highest BCUT2D eigenvalue weighted by Gasteiger charge is 2.28. The van der Waals surface area contributed by atoms with Crippen LogP contribution in [0.2, 0.25) is 0 Å². The van der Waals surface area contributed by atoms with Crippen molar-refractivity contribution in [1.82, 2.24) is 10.2 Å². The van der Waals surface area contributed by atoms with Crippen LogP contribution in [0.3, 0.4) is 0 Å². The van der Waals surface area contributed by atoms with Crippen molar-refractivity contribution in [3.8, 4) is 6.07 Å². The van der Waals surface area contributed by atoms with Crippen LogP contribution in [0.5, 0.6) is 0 Å². The van der Waals surface area contributed by atoms with Crippen molar-refractivity contribution in [3.05, 3.63) is 41.6 Å². The van der Waals surface area contributed by atoms with Gasteiger partial charge in [-0.1, -0.05) is 30.0 Å². The molecular formula is C16H16N4O3S. The summed E-state index contributed by atoms with van der Waals surface area (Å²) in [4.78, 5) is 36.1. The Hall–Kier alpha value is -2.79. The molecule has 1 aliphatic heterocycles. The van der Waals surface area contributed by atoms with Crippen molar-refractivity contribution in [2.45, 2.75) is 6.92 Å². The Bertz CT molecular complexity index is 723. The first-order chi connectivity index (χ1) is 11.5. The molecule has 0 bridgehead atoms. The Morgan fingerprint density at radius 1 is 1.42 bits per heavy atom. The summed E-state index contributed by atoms with van der Waals surface area (Å²) in [6, 6.07) is 9.07. The Labute approximate surface area is 143 Å². The fraction of sp³-hybridized carbons (Fsp3) is 0.250. The van der Waals surface area contributed by atoms with Crippen molar-refractivity contribution in [2.24, 2.45) is 0 Å². The highest BCUT2D eigenvalue weighted by Crippen LogP contribution is 2.17. The van der Waals surface area contributed by atoms with E-state index in [1.165, 1.54) is 6.20 Å². The van der Waals surface area contributed by atoms with E-state index in [0.29, 0.717) is 5.69 Å². The van der Waals surface area contributed by atoms with Gasteiger partial charge in [-0.05, 0) is 18.6 Å². The van der Waals surface area contributed by atoms with Gasteiger partial charge in [0.2, 0.25) is 5.91 Å². The van der Waals surface area contributed by atoms with Gasteiger partial charge in [-0.25, -0.2) is 0 Å². The number of amides is 3. The Balaban J connectivity index is 1.88. The minimum Gasteiger partial charge on any atom is -0.388 e. The molecule has 0 spiro atoms. The van der Waals surface area contributed by atoms with Gasteiger partial charge in [0.25, 0.3) is 11.1 Å². The normalized spacial score (nSPS) is 14.5. The molecule has 0 aromatic heterocycles. The van der Waals surface area contributed by atoms with E-state index in [1.54, 1.807) is 12.1 Å². The van der Waals surface area contributed by atoms with E-state index in [-0.39, 0.29) is 35.6 Å². The smallest absolute Gasteiger partial charge is 0.288 e. The second-order valence-electron chi connectivity index (χ2n) is 4.99. The molecule has 1 saturated heterocycles. The summed E-state index contributed by atoms with van der Waals surface area (Å²) in [6.07, 6.45) is 1.28. The maximum Gasteiger partial charge on any atom is 0.288 e. The largest absolute Gasteiger partial charge is 0.388 e. The second kappa shape index (κ2) is 8.17. The fourth-order valence-electron chi connectivity index (χ4n) is 2.00. The topological polar surface area (TPSA) is 102 Å². The number of benzene rings is 1. The number of thioether (sulfide) groups is 1. The van der Waals surface area contributed by atoms with Crippen LogP contribution in [0.4, 0.5) is 10.5 Å². The lowest BCUT2D eigenvalue weighted by Crippen LogP contribution is -2.34. The third kappa shape index (κ3) is 4.36. The summed E-state index contributed by atoms with van der Waals surface area (Å²) < 4.78 is 0. The number of nitriles is 1. The van der Waals surface area contributed by atoms with Crippen molar-refractivity contribution in [2.75, 3.05) is 24.2 Å². The molecule has 0 aliphatic carbocycles. The minimum absolute atomic E-state index is 0.0910. The zero-order valence-corrected chi connectivity index (χ0v) is 13.9. The molecule has 124 valence electrons. The molecule has 0 saturated carbocycles. The number of carbonyl (C=O) groups is 3. The number of nitrogens with one attached hydrogen (secondary N) is 2. The van der Waals surface area contributed by atoms with Crippen molar-refractivity contribution < 1.29 is 14.4 Å². The van der Waals surface area contributed by atoms with Crippen LogP contribution in [0.1, 0.15) is 5.56 Å². The molecule has 24 heavy (non-hydrogen) atoms. The number of anilines is 1. The van der Waals surface area contributed by atoms with Gasteiger partial charge in [-0.2, -0.15) is 5.26 Å². The number of hydrogen-bond acceptors (Lipinski definition) is 6. The summed E-state index contributed by atoms with van der Waals surface area (Å²) in [5.41, 5.74) is 1.43. The Morgan fingerprint density at radius 3 is 2.79 bits per heavy atom. The van der Waals surface area contributed by atoms with E-state index >= 15 is 0 Å². The summed E-state index contributed by atoms with van der Waals surface area (Å²) in [5, 5.41) is 14.3. The number of nitrogens with zero attached hydrogens (tertiary/aromatic N) is 2. The van der Waals surface area contributed by atoms with Gasteiger partial charge in [0.05, 0.1) is 5.75 Å². The number of aryl methyl sites for hydroxylation is 1. The molecule has 3 amide bonds. The highest BCUT2D eigenvalue weighted by molar-refractivity contribution is 8.14. The SMILES string of the molecule is Cc1ccccc1NC(=O)/C(C#N)=C\NCCN1C(=O)CSC1=O. The van der Waals surface area contributed by atoms with Gasteiger partial charge < -0.3 is 10.6 Å². The number of imide groups is 1. The van der Waals surface area contributed by atoms with Crippen LogP contribution < -0.4 is 10.6 Å². The van der Waals surface area contributed by atoms with Gasteiger partial charge >= 0.3 is 0 Å². The number of para-hydroxylation sites is 1. The molecule has 8 heteroatoms. The summed E-state index contributed by atoms with van der Waals surface area (Å²) in [5.74, 6) is -0.589. The summed E-state index contributed by atoms with van der Waals surface area (Å²) >= 11 is 0.968. The van der Waals surface area contributed by atoms with E-state index in [4.69, 9.17) is 5.26 Å². The third-order valence-electron chi connectivity index (χ3n) is 3.33. The Kier molecular flexibility index (Phi) is 5.98. The third-order valence-corrected chi connectivity index (χ3v) is 4.18. The van der Waals surface area contributed by atoms with Crippen LogP contribution in [0.25, 0.3) is 0 Å². The standard InChI is InChI=1S/C16H16N4O3S/c1-11-4-2-3-5-13(11)19-15(22)12(8-17)9-18-6-7-20-14(21)10-24-16(20)23/h2-5,9,18H,6-7,10H2,1H3,(H,19,22)/b12-9-. The van der Waals surface area contributed by atoms with Crippen molar-refractivity contribution >= 4 is 34.5 Å². The zero-order chi connectivity index (χ0) is 17.5. The maximum absolute atomic E-state index is 12.1. The predicted molar refractivity (Wildman–Crippen MR) is 91.1 cm³/mol. The van der Waals surface area contributed by atoms with Gasteiger partial charge in [0.15, 0.2) is 0 Å². The molecule has 1 fully saturated rings. The van der Waals surface area contributed by atoms with E-state index in [9.17, 15) is 14.4 Å². The first-order valence-corrected chi connectivity index (χ1v) is 8.19. The highest BCUT2D eigenvalue weighted by atomic mass is 32.2. The van der Waals surface area contributed by atoms with Gasteiger partial charge in [-0.15, -0.1) is 0 Å². The number of rotatable bonds is 6. The molecule has 0 unspecified atom stereocenters. The van der Waals surface area contributed by atoms with E-state index in [0.717, 1.165) is 22.2 Å². The zero-order valence-electron chi connectivity index (χ0n) is 13.0. The quantitative estimate of drug-likeness (QED) is 0.462. The van der Waals surface area contributed by atoms with Crippen LogP contribution >= 0.6 is 11.8 Å². The molecule has 7 nitrogen and oxygen atoms in total. The lowest BCUT2D eigenvalue weighted by molar-refractivity contribution is -0.124. The second-order valence-corrected chi connectivity index (χ2v) is 5.92. The van der Waals surface area contributed by atoms with E-state index in [1.807, 2.05) is 25.1 Å². The van der Waals surface area contributed by atoms with Gasteiger partial charge in [0, 0.05) is 25.0 Å². The van der Waals surface area contributed by atoms with Gasteiger partial charge in [-0.3, -0.25) is 19.3 Å². The molecule has 1 heterocycles. The van der Waals surface area contributed by atoms with Crippen LogP contribution in [-0.2, 0) is 9.59 Å². The van der Waals surface area contributed by atoms with E-state index in [2.05, 4.69) is 10.6 Å². The Morgan fingerprint density at radius 2 is 2.17 bits per heavy atom. The molecule has 2 rings (SSSR count). The molecule has 1 aliphatic rings.